The molecule has 1 heterocycles. The molecule has 4 aliphatic rings. The normalized spacial score (nSPS) is 22.3. The highest BCUT2D eigenvalue weighted by Crippen LogP contribution is 2.36. The van der Waals surface area contributed by atoms with Crippen molar-refractivity contribution in [1.29, 1.82) is 0 Å². The number of ether oxygens (including phenoxy) is 1. The molecule has 4 aromatic rings. The van der Waals surface area contributed by atoms with Gasteiger partial charge in [0.2, 0.25) is 29.5 Å². The van der Waals surface area contributed by atoms with Crippen LogP contribution in [0.15, 0.2) is 97.1 Å². The Morgan fingerprint density at radius 1 is 0.603 bits per heavy atom. The number of carbonyl (C=O) groups excluding carboxylic acids is 7. The fourth-order valence-electron chi connectivity index (χ4n) is 11.7. The largest absolute Gasteiger partial charge is 0.489 e. The predicted molar refractivity (Wildman–Crippen MR) is 299 cm³/mol. The van der Waals surface area contributed by atoms with Crippen molar-refractivity contribution >= 4 is 41.2 Å². The summed E-state index contributed by atoms with van der Waals surface area (Å²) in [7, 11) is 3.37. The number of benzene rings is 4. The molecule has 3 aliphatic carbocycles. The van der Waals surface area contributed by atoms with Gasteiger partial charge in [-0.15, -0.1) is 0 Å². The van der Waals surface area contributed by atoms with Crippen LogP contribution in [0.5, 0.6) is 5.75 Å². The number of rotatable bonds is 21. The summed E-state index contributed by atoms with van der Waals surface area (Å²) in [5.41, 5.74) is 6.71. The van der Waals surface area contributed by atoms with E-state index in [0.29, 0.717) is 24.2 Å². The molecule has 2 fully saturated rings. The number of aryl methyl sites for hydroxylation is 2. The van der Waals surface area contributed by atoms with E-state index in [-0.39, 0.29) is 85.2 Å². The topological polar surface area (TPSA) is 216 Å². The van der Waals surface area contributed by atoms with Crippen LogP contribution in [0.2, 0.25) is 0 Å². The second-order valence-electron chi connectivity index (χ2n) is 22.3. The van der Waals surface area contributed by atoms with Crippen molar-refractivity contribution in [2.24, 2.45) is 17.8 Å². The summed E-state index contributed by atoms with van der Waals surface area (Å²) < 4.78 is 6.16. The molecule has 0 bridgehead atoms. The van der Waals surface area contributed by atoms with Crippen molar-refractivity contribution in [1.82, 2.24) is 42.1 Å². The second kappa shape index (κ2) is 26.6. The third-order valence-electron chi connectivity index (χ3n) is 16.6. The van der Waals surface area contributed by atoms with Crippen LogP contribution in [0.4, 0.5) is 0 Å². The number of nitrogens with one attached hydrogen (secondary N) is 7. The van der Waals surface area contributed by atoms with E-state index in [4.69, 9.17) is 4.74 Å². The van der Waals surface area contributed by atoms with Crippen molar-refractivity contribution in [3.63, 3.8) is 0 Å². The monoisotopic (exact) mass is 1060 g/mol. The minimum Gasteiger partial charge on any atom is -0.489 e. The highest BCUT2D eigenvalue weighted by molar-refractivity contribution is 5.97. The molecule has 7 N–H and O–H groups in total. The minimum absolute atomic E-state index is 0.0870. The average Bonchev–Trinajstić information content (AvgIpc) is 3.89. The van der Waals surface area contributed by atoms with Crippen LogP contribution in [0.3, 0.4) is 0 Å². The summed E-state index contributed by atoms with van der Waals surface area (Å²) >= 11 is 0. The van der Waals surface area contributed by atoms with Gasteiger partial charge in [0.25, 0.3) is 5.91 Å². The summed E-state index contributed by atoms with van der Waals surface area (Å²) in [5.74, 6) is -2.55. The van der Waals surface area contributed by atoms with Gasteiger partial charge < -0.3 is 46.9 Å². The zero-order chi connectivity index (χ0) is 55.5. The number of carbonyl (C=O) groups is 7. The maximum Gasteiger partial charge on any atom is 0.251 e. The molecule has 0 spiro atoms. The standard InChI is InChI=1S/C62H80N8O8/c1-37(2)55(69-58(73)39(4)64-6)62(77)70-35-45(34-54(70)61(76)67-52-24-14-18-43-16-8-10-20-48(43)52)65-59(74)44-29-25-41(26-30-44)36-78-46-31-27-40(28-32-46)33-53(68-57(72)38(3)63-5)56(71)49-21-11-12-22-50(49)60(75)66-51-23-13-17-42-15-7-9-19-47(42)51/h7-10,15-16,19-20,25-32,37-39,45,49-55,63-64H,11-14,17-18,21-24,33-36H2,1-6H3,(H,65,74)(H,66,75)(H,67,76)(H,68,72)(H,69,73). The van der Waals surface area contributed by atoms with Gasteiger partial charge in [-0.2, -0.15) is 0 Å². The van der Waals surface area contributed by atoms with Gasteiger partial charge >= 0.3 is 0 Å². The summed E-state index contributed by atoms with van der Waals surface area (Å²) in [5, 5.41) is 21.4. The smallest absolute Gasteiger partial charge is 0.251 e. The van der Waals surface area contributed by atoms with Gasteiger partial charge in [0.05, 0.1) is 30.2 Å². The molecule has 1 aliphatic heterocycles. The quantitative estimate of drug-likeness (QED) is 0.0508. The lowest BCUT2D eigenvalue weighted by molar-refractivity contribution is -0.142. The van der Waals surface area contributed by atoms with Crippen LogP contribution in [-0.4, -0.2) is 103 Å². The summed E-state index contributed by atoms with van der Waals surface area (Å²) in [6, 6.07) is 26.3. The van der Waals surface area contributed by atoms with E-state index in [2.05, 4.69) is 55.4 Å². The van der Waals surface area contributed by atoms with Crippen LogP contribution in [0.25, 0.3) is 0 Å². The second-order valence-corrected chi connectivity index (χ2v) is 22.3. The van der Waals surface area contributed by atoms with Crippen molar-refractivity contribution < 1.29 is 38.3 Å². The third kappa shape index (κ3) is 14.0. The van der Waals surface area contributed by atoms with Crippen LogP contribution in [-0.2, 0) is 54.6 Å². The Morgan fingerprint density at radius 3 is 1.74 bits per heavy atom. The zero-order valence-corrected chi connectivity index (χ0v) is 46.2. The molecular weight excluding hydrogens is 985 g/mol. The van der Waals surface area contributed by atoms with Gasteiger partial charge in [0, 0.05) is 30.0 Å². The molecule has 10 unspecified atom stereocenters. The SMILES string of the molecule is CNC(C)C(=O)NC(Cc1ccc(OCc2ccc(C(=O)NC3CC(C(=O)NC4CCCc5ccccc54)N(C(=O)C(NC(=O)C(C)NC)C(C)C)C3)cc2)cc1)C(=O)C1CCCCC1C(=O)NC1CCCc2ccccc21. The predicted octanol–water partition coefficient (Wildman–Crippen LogP) is 6.11. The Bertz CT molecular complexity index is 2770. The van der Waals surface area contributed by atoms with Crippen LogP contribution < -0.4 is 42.0 Å². The summed E-state index contributed by atoms with van der Waals surface area (Å²) in [6.07, 6.45) is 8.81. The Kier molecular flexibility index (Phi) is 19.6. The Hall–Kier alpha value is -6.91. The van der Waals surface area contributed by atoms with E-state index >= 15 is 0 Å². The van der Waals surface area contributed by atoms with Crippen molar-refractivity contribution in [2.75, 3.05) is 20.6 Å². The van der Waals surface area contributed by atoms with Gasteiger partial charge in [-0.1, -0.05) is 99.5 Å². The highest BCUT2D eigenvalue weighted by Gasteiger charge is 2.45. The molecule has 8 rings (SSSR count). The van der Waals surface area contributed by atoms with Crippen LogP contribution >= 0.6 is 0 Å². The number of hydrogen-bond acceptors (Lipinski definition) is 10. The Morgan fingerprint density at radius 2 is 1.15 bits per heavy atom. The van der Waals surface area contributed by atoms with E-state index < -0.39 is 48.1 Å². The van der Waals surface area contributed by atoms with E-state index in [9.17, 15) is 33.6 Å². The molecule has 1 saturated carbocycles. The fourth-order valence-corrected chi connectivity index (χ4v) is 11.7. The Labute approximate surface area is 459 Å². The molecule has 416 valence electrons. The van der Waals surface area contributed by atoms with Crippen LogP contribution in [0, 0.1) is 17.8 Å². The first kappa shape index (κ1) is 57.3. The third-order valence-corrected chi connectivity index (χ3v) is 16.6. The molecule has 0 aromatic heterocycles. The van der Waals surface area contributed by atoms with E-state index in [1.807, 2.05) is 80.6 Å². The first-order valence-corrected chi connectivity index (χ1v) is 28.3. The van der Waals surface area contributed by atoms with Crippen molar-refractivity contribution in [3.8, 4) is 5.75 Å². The molecule has 10 atom stereocenters. The highest BCUT2D eigenvalue weighted by atomic mass is 16.5. The van der Waals surface area contributed by atoms with Gasteiger partial charge in [0.1, 0.15) is 24.4 Å². The van der Waals surface area contributed by atoms with Crippen molar-refractivity contribution in [2.45, 2.75) is 160 Å². The fraction of sp³-hybridized carbons (Fsp3) is 0.500. The van der Waals surface area contributed by atoms with Crippen LogP contribution in [0.1, 0.15) is 141 Å². The molecule has 16 nitrogen and oxygen atoms in total. The van der Waals surface area contributed by atoms with Crippen molar-refractivity contribution in [3.05, 3.63) is 136 Å². The van der Waals surface area contributed by atoms with Gasteiger partial charge in [0.15, 0.2) is 5.78 Å². The number of Topliss-reactive ketones (excluding diaryl/α,β-unsaturated/α-hetero) is 1. The lowest BCUT2D eigenvalue weighted by Crippen LogP contribution is -2.57. The van der Waals surface area contributed by atoms with E-state index in [1.165, 1.54) is 16.0 Å². The lowest BCUT2D eigenvalue weighted by Gasteiger charge is -2.34. The van der Waals surface area contributed by atoms with Gasteiger partial charge in [-0.25, -0.2) is 0 Å². The maximum absolute atomic E-state index is 14.6. The number of nitrogens with zero attached hydrogens (tertiary/aromatic N) is 1. The minimum atomic E-state index is -0.886. The molecule has 4 aromatic carbocycles. The summed E-state index contributed by atoms with van der Waals surface area (Å²) in [4.78, 5) is 99.0. The number of fused-ring (bicyclic) bond motifs is 2. The summed E-state index contributed by atoms with van der Waals surface area (Å²) in [6.45, 7) is 7.46. The molecule has 6 amide bonds. The molecular formula is C62H80N8O8. The molecule has 78 heavy (non-hydrogen) atoms. The maximum atomic E-state index is 14.6. The average molecular weight is 1070 g/mol. The zero-order valence-electron chi connectivity index (χ0n) is 46.2. The van der Waals surface area contributed by atoms with Gasteiger partial charge in [-0.3, -0.25) is 33.6 Å². The number of likely N-dealkylation sites (N-methyl/N-ethyl adjacent to an activating group) is 2. The first-order chi connectivity index (χ1) is 37.6. The number of amides is 6. The lowest BCUT2D eigenvalue weighted by atomic mass is 9.74. The number of ketones is 1. The van der Waals surface area contributed by atoms with E-state index in [0.717, 1.165) is 73.6 Å². The molecule has 1 saturated heterocycles. The van der Waals surface area contributed by atoms with E-state index in [1.54, 1.807) is 40.1 Å². The first-order valence-electron chi connectivity index (χ1n) is 28.3. The Balaban J connectivity index is 0.885. The molecule has 16 heteroatoms. The van der Waals surface area contributed by atoms with Gasteiger partial charge in [-0.05, 0) is 156 Å². The number of likely N-dealkylation sites (tertiary alicyclic amines) is 1. The molecule has 0 radical (unpaired) electrons. The number of hydrogen-bond donors (Lipinski definition) is 7.